The summed E-state index contributed by atoms with van der Waals surface area (Å²) in [5.74, 6) is 0. The van der Waals surface area contributed by atoms with Crippen LogP contribution in [0.5, 0.6) is 0 Å². The van der Waals surface area contributed by atoms with E-state index >= 15 is 0 Å². The molecule has 1 aromatic rings. The SMILES string of the molecule is Cc1cc(Br)c(S(=O)(=O)N2CCOC[C@H]2C)cc1Br. The molecule has 0 spiro atoms. The van der Waals surface area contributed by atoms with Crippen molar-refractivity contribution < 1.29 is 13.2 Å². The first-order valence-electron chi connectivity index (χ1n) is 5.89. The second kappa shape index (κ2) is 5.81. The Balaban J connectivity index is 2.47. The van der Waals surface area contributed by atoms with Crippen LogP contribution >= 0.6 is 31.9 Å². The number of benzene rings is 1. The minimum Gasteiger partial charge on any atom is -0.378 e. The average Bonchev–Trinajstić information content (AvgIpc) is 2.34. The fourth-order valence-corrected chi connectivity index (χ4v) is 5.26. The van der Waals surface area contributed by atoms with E-state index in [1.54, 1.807) is 6.07 Å². The summed E-state index contributed by atoms with van der Waals surface area (Å²) in [5, 5.41) is 0. The molecule has 19 heavy (non-hydrogen) atoms. The molecule has 0 amide bonds. The van der Waals surface area contributed by atoms with Gasteiger partial charge < -0.3 is 4.74 Å². The van der Waals surface area contributed by atoms with Crippen LogP contribution in [0.2, 0.25) is 0 Å². The first-order valence-corrected chi connectivity index (χ1v) is 8.92. The Kier molecular flexibility index (Phi) is 4.72. The molecule has 7 heteroatoms. The number of halogens is 2. The first kappa shape index (κ1) is 15.4. The van der Waals surface area contributed by atoms with Crippen molar-refractivity contribution >= 4 is 41.9 Å². The van der Waals surface area contributed by atoms with Crippen molar-refractivity contribution in [3.63, 3.8) is 0 Å². The number of aryl methyl sites for hydroxylation is 1. The van der Waals surface area contributed by atoms with Crippen molar-refractivity contribution in [3.8, 4) is 0 Å². The van der Waals surface area contributed by atoms with E-state index in [0.29, 0.717) is 29.1 Å². The normalized spacial score (nSPS) is 21.6. The van der Waals surface area contributed by atoms with Crippen molar-refractivity contribution in [1.29, 1.82) is 0 Å². The predicted octanol–water partition coefficient (Wildman–Crippen LogP) is 2.93. The van der Waals surface area contributed by atoms with Crippen LogP contribution in [-0.2, 0) is 14.8 Å². The highest BCUT2D eigenvalue weighted by molar-refractivity contribution is 9.11. The summed E-state index contributed by atoms with van der Waals surface area (Å²) in [6.45, 7) is 5.04. The van der Waals surface area contributed by atoms with Crippen molar-refractivity contribution in [2.45, 2.75) is 24.8 Å². The summed E-state index contributed by atoms with van der Waals surface area (Å²) in [7, 11) is -3.50. The lowest BCUT2D eigenvalue weighted by atomic mass is 10.2. The Hall–Kier alpha value is 0.0500. The number of hydrogen-bond acceptors (Lipinski definition) is 3. The van der Waals surface area contributed by atoms with Gasteiger partial charge in [-0.3, -0.25) is 0 Å². The van der Waals surface area contributed by atoms with Crippen molar-refractivity contribution in [2.24, 2.45) is 0 Å². The summed E-state index contributed by atoms with van der Waals surface area (Å²) in [4.78, 5) is 0.290. The zero-order valence-corrected chi connectivity index (χ0v) is 14.7. The van der Waals surface area contributed by atoms with Gasteiger partial charge in [-0.05, 0) is 47.5 Å². The molecule has 2 rings (SSSR count). The molecule has 1 heterocycles. The van der Waals surface area contributed by atoms with Crippen LogP contribution in [0.3, 0.4) is 0 Å². The van der Waals surface area contributed by atoms with E-state index in [1.165, 1.54) is 4.31 Å². The summed E-state index contributed by atoms with van der Waals surface area (Å²) in [6, 6.07) is 3.31. The largest absolute Gasteiger partial charge is 0.378 e. The smallest absolute Gasteiger partial charge is 0.244 e. The van der Waals surface area contributed by atoms with E-state index < -0.39 is 10.0 Å². The Morgan fingerprint density at radius 2 is 2.00 bits per heavy atom. The van der Waals surface area contributed by atoms with Crippen molar-refractivity contribution in [2.75, 3.05) is 19.8 Å². The Labute approximate surface area is 130 Å². The highest BCUT2D eigenvalue weighted by Gasteiger charge is 2.33. The van der Waals surface area contributed by atoms with Crippen LogP contribution in [0, 0.1) is 6.92 Å². The van der Waals surface area contributed by atoms with Gasteiger partial charge in [0, 0.05) is 21.5 Å². The first-order chi connectivity index (χ1) is 8.84. The maximum absolute atomic E-state index is 12.7. The molecule has 0 aromatic heterocycles. The van der Waals surface area contributed by atoms with Crippen LogP contribution in [0.25, 0.3) is 0 Å². The minimum absolute atomic E-state index is 0.147. The zero-order valence-electron chi connectivity index (χ0n) is 10.7. The molecule has 1 fully saturated rings. The standard InChI is InChI=1S/C12H15Br2NO3S/c1-8-5-11(14)12(6-10(8)13)19(16,17)15-3-4-18-7-9(15)2/h5-6,9H,3-4,7H2,1-2H3/t9-/m1/s1. The second-order valence-corrected chi connectivity index (χ2v) is 8.14. The molecule has 1 saturated heterocycles. The molecule has 0 bridgehead atoms. The molecule has 0 unspecified atom stereocenters. The van der Waals surface area contributed by atoms with Crippen LogP contribution in [0.1, 0.15) is 12.5 Å². The Bertz CT molecular complexity index is 589. The van der Waals surface area contributed by atoms with Gasteiger partial charge in [-0.15, -0.1) is 0 Å². The third kappa shape index (κ3) is 3.05. The average molecular weight is 413 g/mol. The van der Waals surface area contributed by atoms with Gasteiger partial charge >= 0.3 is 0 Å². The lowest BCUT2D eigenvalue weighted by Crippen LogP contribution is -2.47. The molecule has 1 aliphatic heterocycles. The van der Waals surface area contributed by atoms with Crippen LogP contribution in [0.15, 0.2) is 26.0 Å². The molecule has 106 valence electrons. The summed E-state index contributed by atoms with van der Waals surface area (Å²) >= 11 is 6.73. The number of nitrogens with zero attached hydrogens (tertiary/aromatic N) is 1. The second-order valence-electron chi connectivity index (χ2n) is 4.57. The molecular formula is C12H15Br2NO3S. The summed E-state index contributed by atoms with van der Waals surface area (Å²) in [5.41, 5.74) is 0.987. The van der Waals surface area contributed by atoms with E-state index in [0.717, 1.165) is 10.0 Å². The molecule has 1 atom stereocenters. The molecular weight excluding hydrogens is 398 g/mol. The molecule has 0 radical (unpaired) electrons. The van der Waals surface area contributed by atoms with Crippen LogP contribution in [-0.4, -0.2) is 38.5 Å². The molecule has 1 aliphatic rings. The highest BCUT2D eigenvalue weighted by Crippen LogP contribution is 2.31. The van der Waals surface area contributed by atoms with Crippen LogP contribution < -0.4 is 0 Å². The van der Waals surface area contributed by atoms with E-state index in [4.69, 9.17) is 4.74 Å². The number of sulfonamides is 1. The zero-order chi connectivity index (χ0) is 14.2. The minimum atomic E-state index is -3.50. The fourth-order valence-electron chi connectivity index (χ4n) is 2.02. The molecule has 0 aliphatic carbocycles. The Morgan fingerprint density at radius 1 is 1.32 bits per heavy atom. The quantitative estimate of drug-likeness (QED) is 0.750. The van der Waals surface area contributed by atoms with E-state index in [2.05, 4.69) is 31.9 Å². The number of morpholine rings is 1. The molecule has 4 nitrogen and oxygen atoms in total. The maximum Gasteiger partial charge on any atom is 0.244 e. The van der Waals surface area contributed by atoms with Crippen LogP contribution in [0.4, 0.5) is 0 Å². The van der Waals surface area contributed by atoms with E-state index in [-0.39, 0.29) is 6.04 Å². The lowest BCUT2D eigenvalue weighted by Gasteiger charge is -2.32. The fraction of sp³-hybridized carbons (Fsp3) is 0.500. The number of ether oxygens (including phenoxy) is 1. The van der Waals surface area contributed by atoms with Crippen molar-refractivity contribution in [3.05, 3.63) is 26.6 Å². The monoisotopic (exact) mass is 411 g/mol. The Morgan fingerprint density at radius 3 is 2.63 bits per heavy atom. The van der Waals surface area contributed by atoms with Gasteiger partial charge in [-0.1, -0.05) is 15.9 Å². The van der Waals surface area contributed by atoms with Gasteiger partial charge in [0.2, 0.25) is 10.0 Å². The highest BCUT2D eigenvalue weighted by atomic mass is 79.9. The lowest BCUT2D eigenvalue weighted by molar-refractivity contribution is 0.0392. The van der Waals surface area contributed by atoms with Gasteiger partial charge in [-0.25, -0.2) is 8.42 Å². The van der Waals surface area contributed by atoms with E-state index in [9.17, 15) is 8.42 Å². The van der Waals surface area contributed by atoms with Crippen molar-refractivity contribution in [1.82, 2.24) is 4.31 Å². The third-order valence-corrected chi connectivity index (χ3v) is 6.93. The number of hydrogen-bond donors (Lipinski definition) is 0. The summed E-state index contributed by atoms with van der Waals surface area (Å²) < 4.78 is 33.6. The maximum atomic E-state index is 12.7. The van der Waals surface area contributed by atoms with Gasteiger partial charge in [0.05, 0.1) is 18.1 Å². The molecule has 0 N–H and O–H groups in total. The topological polar surface area (TPSA) is 46.6 Å². The van der Waals surface area contributed by atoms with Gasteiger partial charge in [-0.2, -0.15) is 4.31 Å². The molecule has 1 aromatic carbocycles. The van der Waals surface area contributed by atoms with Gasteiger partial charge in [0.1, 0.15) is 0 Å². The molecule has 0 saturated carbocycles. The van der Waals surface area contributed by atoms with Gasteiger partial charge in [0.25, 0.3) is 0 Å². The number of rotatable bonds is 2. The van der Waals surface area contributed by atoms with Gasteiger partial charge in [0.15, 0.2) is 0 Å². The summed E-state index contributed by atoms with van der Waals surface area (Å²) in [6.07, 6.45) is 0. The van der Waals surface area contributed by atoms with E-state index in [1.807, 2.05) is 19.9 Å². The third-order valence-electron chi connectivity index (χ3n) is 3.11. The predicted molar refractivity (Wildman–Crippen MR) is 80.8 cm³/mol.